The molecule has 318 valence electrons. The van der Waals surface area contributed by atoms with Crippen molar-refractivity contribution >= 4 is 65.8 Å². The Bertz CT molecular complexity index is 3810. The van der Waals surface area contributed by atoms with Crippen LogP contribution in [0.5, 0.6) is 0 Å². The summed E-state index contributed by atoms with van der Waals surface area (Å²) in [5, 5.41) is 18.3. The molecule has 0 aliphatic rings. The molecule has 0 radical (unpaired) electrons. The Balaban J connectivity index is 0.000000649. The first kappa shape index (κ1) is 40.9. The summed E-state index contributed by atoms with van der Waals surface area (Å²) in [7, 11) is 0. The largest absolute Gasteiger partial charge is 0.383 e. The highest BCUT2D eigenvalue weighted by Crippen LogP contribution is 2.43. The lowest BCUT2D eigenvalue weighted by Gasteiger charge is -2.16. The van der Waals surface area contributed by atoms with Crippen molar-refractivity contribution in [3.63, 3.8) is 0 Å². The van der Waals surface area contributed by atoms with Gasteiger partial charge in [-0.3, -0.25) is 5.41 Å². The fourth-order valence-electron chi connectivity index (χ4n) is 9.51. The number of nitrogens with two attached hydrogens (primary N) is 1. The topological polar surface area (TPSA) is 67.2 Å². The van der Waals surface area contributed by atoms with Gasteiger partial charge in [-0.1, -0.05) is 212 Å². The summed E-state index contributed by atoms with van der Waals surface area (Å²) < 4.78 is 2.41. The number of rotatable bonds is 6. The number of benzene rings is 11. The van der Waals surface area contributed by atoms with Crippen molar-refractivity contribution in [1.29, 1.82) is 5.41 Å². The third kappa shape index (κ3) is 7.81. The number of nitrogens with one attached hydrogen (secondary N) is 1. The number of fused-ring (bicyclic) bond motifs is 9. The van der Waals surface area contributed by atoms with Gasteiger partial charge in [-0.15, -0.1) is 0 Å². The summed E-state index contributed by atoms with van der Waals surface area (Å²) in [6.45, 7) is 2.08. The molecule has 11 aromatic carbocycles. The molecule has 0 saturated heterocycles. The first-order valence-corrected chi connectivity index (χ1v) is 22.7. The van der Waals surface area contributed by atoms with E-state index in [0.29, 0.717) is 5.84 Å². The van der Waals surface area contributed by atoms with E-state index in [1.54, 1.807) is 0 Å². The summed E-state index contributed by atoms with van der Waals surface area (Å²) in [6.07, 6.45) is 0. The second-order valence-corrected chi connectivity index (χ2v) is 17.0. The maximum Gasteiger partial charge on any atom is 0.154 e. The fraction of sp³-hybridized carbons (Fsp3) is 0.0159. The summed E-state index contributed by atoms with van der Waals surface area (Å²) in [6, 6.07) is 85.3. The number of aryl methyl sites for hydroxylation is 1. The molecule has 1 heterocycles. The molecule has 3 N–H and O–H groups in total. The number of aliphatic imine (C=N–C) groups is 1. The van der Waals surface area contributed by atoms with Crippen molar-refractivity contribution in [1.82, 2.24) is 4.57 Å². The molecule has 1 aromatic heterocycles. The molecule has 12 aromatic rings. The van der Waals surface area contributed by atoms with Crippen molar-refractivity contribution < 1.29 is 0 Å². The minimum atomic E-state index is 0.136. The number of nitrogens with zero attached hydrogens (tertiary/aromatic N) is 2. The van der Waals surface area contributed by atoms with Gasteiger partial charge in [-0.2, -0.15) is 0 Å². The Kier molecular flexibility index (Phi) is 10.7. The standard InChI is InChI=1S/C56H38N4.C7H8/c57-55(38-15-5-2-6-16-38)59-56(58)42-18-11-17-39(33-42)40-27-32-50-51(34-40)46-20-8-7-19-45(46)49-23-12-22-44(54(49)50)41-28-31-48-47-21-9-10-24-52(47)60(53(48)35-41)43-29-25-37(26-30-43)36-13-3-1-4-14-36;1-7-5-3-2-4-6-7/h1-35H,(H3,57,58,59);2-6H,1H3. The van der Waals surface area contributed by atoms with E-state index in [1.165, 1.54) is 81.9 Å². The predicted octanol–water partition coefficient (Wildman–Crippen LogP) is 16.0. The van der Waals surface area contributed by atoms with E-state index in [-0.39, 0.29) is 5.84 Å². The molecule has 0 spiro atoms. The molecule has 4 nitrogen and oxygen atoms in total. The molecule has 0 aliphatic carbocycles. The molecular formula is C63H46N4. The Morgan fingerprint density at radius 2 is 0.896 bits per heavy atom. The zero-order valence-corrected chi connectivity index (χ0v) is 37.1. The van der Waals surface area contributed by atoms with Crippen LogP contribution in [0.1, 0.15) is 16.7 Å². The van der Waals surface area contributed by atoms with E-state index in [0.717, 1.165) is 27.9 Å². The quantitative estimate of drug-likeness (QED) is 0.0976. The third-order valence-electron chi connectivity index (χ3n) is 12.8. The van der Waals surface area contributed by atoms with Crippen molar-refractivity contribution in [2.75, 3.05) is 0 Å². The zero-order valence-electron chi connectivity index (χ0n) is 37.1. The molecule has 0 bridgehead atoms. The monoisotopic (exact) mass is 858 g/mol. The summed E-state index contributed by atoms with van der Waals surface area (Å²) >= 11 is 0. The zero-order chi connectivity index (χ0) is 45.3. The minimum absolute atomic E-state index is 0.136. The molecule has 0 atom stereocenters. The maximum absolute atomic E-state index is 8.52. The number of hydrogen-bond donors (Lipinski definition) is 2. The van der Waals surface area contributed by atoms with Gasteiger partial charge in [0.15, 0.2) is 5.84 Å². The normalized spacial score (nSPS) is 11.6. The second-order valence-electron chi connectivity index (χ2n) is 17.0. The highest BCUT2D eigenvalue weighted by atomic mass is 15.0. The van der Waals surface area contributed by atoms with Crippen LogP contribution < -0.4 is 5.73 Å². The van der Waals surface area contributed by atoms with Crippen LogP contribution in [0, 0.1) is 12.3 Å². The molecule has 12 rings (SSSR count). The van der Waals surface area contributed by atoms with Crippen molar-refractivity contribution in [3.05, 3.63) is 259 Å². The Labute approximate surface area is 390 Å². The van der Waals surface area contributed by atoms with Gasteiger partial charge in [0.25, 0.3) is 0 Å². The molecule has 0 aliphatic heterocycles. The minimum Gasteiger partial charge on any atom is -0.383 e. The van der Waals surface area contributed by atoms with Gasteiger partial charge >= 0.3 is 0 Å². The van der Waals surface area contributed by atoms with Crippen LogP contribution in [0.15, 0.2) is 248 Å². The van der Waals surface area contributed by atoms with E-state index in [9.17, 15) is 0 Å². The van der Waals surface area contributed by atoms with Crippen LogP contribution >= 0.6 is 0 Å². The molecular weight excluding hydrogens is 813 g/mol. The molecule has 0 unspecified atom stereocenters. The summed E-state index contributed by atoms with van der Waals surface area (Å²) in [5.41, 5.74) is 19.7. The molecule has 0 amide bonds. The van der Waals surface area contributed by atoms with E-state index in [4.69, 9.17) is 11.1 Å². The van der Waals surface area contributed by atoms with Crippen LogP contribution in [-0.2, 0) is 0 Å². The maximum atomic E-state index is 8.52. The van der Waals surface area contributed by atoms with Gasteiger partial charge in [0.1, 0.15) is 5.84 Å². The first-order valence-electron chi connectivity index (χ1n) is 22.7. The van der Waals surface area contributed by atoms with Gasteiger partial charge in [0, 0.05) is 27.6 Å². The number of para-hydroxylation sites is 1. The van der Waals surface area contributed by atoms with Gasteiger partial charge in [0.2, 0.25) is 0 Å². The highest BCUT2D eigenvalue weighted by Gasteiger charge is 2.18. The lowest BCUT2D eigenvalue weighted by Crippen LogP contribution is -2.16. The van der Waals surface area contributed by atoms with Gasteiger partial charge in [-0.05, 0) is 109 Å². The summed E-state index contributed by atoms with van der Waals surface area (Å²) in [4.78, 5) is 4.46. The van der Waals surface area contributed by atoms with E-state index < -0.39 is 0 Å². The fourth-order valence-corrected chi connectivity index (χ4v) is 9.51. The van der Waals surface area contributed by atoms with Crippen molar-refractivity contribution in [2.24, 2.45) is 10.7 Å². The number of hydrogen-bond acceptors (Lipinski definition) is 1. The SMILES string of the molecule is Cc1ccccc1.N=C(N=C(N)c1cccc(-c2ccc3c(c2)c2ccccc2c2cccc(-c4ccc5c6ccccc6n(-c6ccc(-c7ccccc7)cc6)c5c4)c23)c1)c1ccccc1. The molecule has 4 heteroatoms. The number of amidine groups is 2. The number of aromatic nitrogens is 1. The molecule has 0 saturated carbocycles. The average molecular weight is 859 g/mol. The Morgan fingerprint density at radius 1 is 0.388 bits per heavy atom. The van der Waals surface area contributed by atoms with E-state index in [2.05, 4.69) is 198 Å². The van der Waals surface area contributed by atoms with Crippen LogP contribution in [-0.4, -0.2) is 16.2 Å². The summed E-state index contributed by atoms with van der Waals surface area (Å²) in [5.74, 6) is 0.448. The van der Waals surface area contributed by atoms with Gasteiger partial charge in [-0.25, -0.2) is 4.99 Å². The third-order valence-corrected chi connectivity index (χ3v) is 12.8. The Morgan fingerprint density at radius 3 is 1.63 bits per heavy atom. The van der Waals surface area contributed by atoms with Crippen LogP contribution in [0.3, 0.4) is 0 Å². The molecule has 67 heavy (non-hydrogen) atoms. The smallest absolute Gasteiger partial charge is 0.154 e. The van der Waals surface area contributed by atoms with Crippen LogP contribution in [0.25, 0.3) is 93.2 Å². The first-order chi connectivity index (χ1) is 33.0. The Hall–Kier alpha value is -8.86. The average Bonchev–Trinajstić information content (AvgIpc) is 3.73. The van der Waals surface area contributed by atoms with Gasteiger partial charge in [0.05, 0.1) is 11.0 Å². The van der Waals surface area contributed by atoms with Crippen LogP contribution in [0.4, 0.5) is 0 Å². The lowest BCUT2D eigenvalue weighted by atomic mass is 9.88. The van der Waals surface area contributed by atoms with Gasteiger partial charge < -0.3 is 10.3 Å². The van der Waals surface area contributed by atoms with Crippen molar-refractivity contribution in [3.8, 4) is 39.1 Å². The van der Waals surface area contributed by atoms with Crippen molar-refractivity contribution in [2.45, 2.75) is 6.92 Å². The highest BCUT2D eigenvalue weighted by molar-refractivity contribution is 6.29. The van der Waals surface area contributed by atoms with Crippen LogP contribution in [0.2, 0.25) is 0 Å². The lowest BCUT2D eigenvalue weighted by molar-refractivity contribution is 1.18. The molecule has 0 fully saturated rings. The predicted molar refractivity (Wildman–Crippen MR) is 285 cm³/mol. The second kappa shape index (κ2) is 17.6. The van der Waals surface area contributed by atoms with E-state index in [1.807, 2.05) is 60.7 Å². The van der Waals surface area contributed by atoms with E-state index >= 15 is 0 Å².